The monoisotopic (exact) mass is 169 g/mol. The summed E-state index contributed by atoms with van der Waals surface area (Å²) in [4.78, 5) is 2.93. The van der Waals surface area contributed by atoms with E-state index in [4.69, 9.17) is 5.73 Å². The summed E-state index contributed by atoms with van der Waals surface area (Å²) in [5.41, 5.74) is 6.38. The second-order valence-corrected chi connectivity index (χ2v) is 2.71. The molecule has 0 amide bonds. The molecule has 1 aromatic heterocycles. The molecule has 4 heteroatoms. The molecule has 0 fully saturated rings. The Kier molecular flexibility index (Phi) is 3.28. The van der Waals surface area contributed by atoms with Crippen molar-refractivity contribution in [3.63, 3.8) is 0 Å². The number of aliphatic hydroxyl groups excluding tert-OH is 1. The number of aromatic amines is 1. The second kappa shape index (κ2) is 4.25. The van der Waals surface area contributed by atoms with Gasteiger partial charge in [0.1, 0.15) is 0 Å². The molecule has 0 saturated carbocycles. The number of H-pyrrole nitrogens is 1. The maximum Gasteiger partial charge on any atom is 0.0857 e. The van der Waals surface area contributed by atoms with E-state index in [1.54, 1.807) is 7.05 Å². The van der Waals surface area contributed by atoms with Gasteiger partial charge in [-0.1, -0.05) is 0 Å². The molecule has 0 aliphatic heterocycles. The minimum Gasteiger partial charge on any atom is -0.390 e. The van der Waals surface area contributed by atoms with Crippen LogP contribution in [0.4, 0.5) is 0 Å². The van der Waals surface area contributed by atoms with E-state index in [9.17, 15) is 5.11 Å². The van der Waals surface area contributed by atoms with Gasteiger partial charge in [0, 0.05) is 18.9 Å². The molecule has 0 aliphatic rings. The molecular formula is C8H15N3O. The molecule has 2 atom stereocenters. The van der Waals surface area contributed by atoms with Gasteiger partial charge in [-0.05, 0) is 18.7 Å². The summed E-state index contributed by atoms with van der Waals surface area (Å²) < 4.78 is 0. The minimum absolute atomic E-state index is 0.0822. The zero-order valence-electron chi connectivity index (χ0n) is 7.12. The number of aliphatic hydroxyl groups is 1. The van der Waals surface area contributed by atoms with Gasteiger partial charge < -0.3 is 21.1 Å². The van der Waals surface area contributed by atoms with Gasteiger partial charge in [-0.15, -0.1) is 0 Å². The lowest BCUT2D eigenvalue weighted by Gasteiger charge is -2.19. The van der Waals surface area contributed by atoms with Crippen LogP contribution >= 0.6 is 0 Å². The lowest BCUT2D eigenvalue weighted by Crippen LogP contribution is -2.34. The fourth-order valence-corrected chi connectivity index (χ4v) is 1.25. The van der Waals surface area contributed by atoms with Crippen LogP contribution in [0.5, 0.6) is 0 Å². The molecule has 12 heavy (non-hydrogen) atoms. The van der Waals surface area contributed by atoms with Gasteiger partial charge in [0.25, 0.3) is 0 Å². The SMILES string of the molecule is CNC(c1cc[nH]c1)C(O)CN. The minimum atomic E-state index is -0.536. The van der Waals surface area contributed by atoms with Gasteiger partial charge >= 0.3 is 0 Å². The predicted octanol–water partition coefficient (Wildman–Crippen LogP) is -0.405. The first-order valence-corrected chi connectivity index (χ1v) is 3.97. The first-order chi connectivity index (χ1) is 5.79. The van der Waals surface area contributed by atoms with Crippen LogP contribution in [-0.4, -0.2) is 29.8 Å². The third kappa shape index (κ3) is 1.85. The number of rotatable bonds is 4. The smallest absolute Gasteiger partial charge is 0.0857 e. The highest BCUT2D eigenvalue weighted by Crippen LogP contribution is 2.14. The van der Waals surface area contributed by atoms with Crippen molar-refractivity contribution < 1.29 is 5.11 Å². The van der Waals surface area contributed by atoms with E-state index in [0.717, 1.165) is 5.56 Å². The zero-order chi connectivity index (χ0) is 8.97. The van der Waals surface area contributed by atoms with Crippen LogP contribution in [0.25, 0.3) is 0 Å². The fraction of sp³-hybridized carbons (Fsp3) is 0.500. The van der Waals surface area contributed by atoms with Gasteiger partial charge in [0.15, 0.2) is 0 Å². The molecule has 1 rings (SSSR count). The van der Waals surface area contributed by atoms with Crippen molar-refractivity contribution >= 4 is 0 Å². The summed E-state index contributed by atoms with van der Waals surface area (Å²) in [6, 6.07) is 1.83. The fourth-order valence-electron chi connectivity index (χ4n) is 1.25. The van der Waals surface area contributed by atoms with Gasteiger partial charge in [-0.3, -0.25) is 0 Å². The lowest BCUT2D eigenvalue weighted by molar-refractivity contribution is 0.139. The van der Waals surface area contributed by atoms with E-state index >= 15 is 0 Å². The van der Waals surface area contributed by atoms with E-state index in [1.807, 2.05) is 18.5 Å². The van der Waals surface area contributed by atoms with Crippen molar-refractivity contribution in [2.24, 2.45) is 5.73 Å². The predicted molar refractivity (Wildman–Crippen MR) is 47.7 cm³/mol. The molecule has 4 nitrogen and oxygen atoms in total. The van der Waals surface area contributed by atoms with Crippen LogP contribution in [0.1, 0.15) is 11.6 Å². The standard InChI is InChI=1S/C8H15N3O/c1-10-8(7(12)4-9)6-2-3-11-5-6/h2-3,5,7-8,10-12H,4,9H2,1H3. The molecule has 0 saturated heterocycles. The number of nitrogens with two attached hydrogens (primary N) is 1. The highest BCUT2D eigenvalue weighted by Gasteiger charge is 2.17. The Labute approximate surface area is 71.8 Å². The zero-order valence-corrected chi connectivity index (χ0v) is 7.12. The third-order valence-electron chi connectivity index (χ3n) is 1.92. The quantitative estimate of drug-likeness (QED) is 0.495. The molecule has 5 N–H and O–H groups in total. The van der Waals surface area contributed by atoms with Crippen LogP contribution in [0, 0.1) is 0 Å². The number of likely N-dealkylation sites (N-methyl/N-ethyl adjacent to an activating group) is 1. The van der Waals surface area contributed by atoms with E-state index < -0.39 is 6.10 Å². The molecule has 0 radical (unpaired) electrons. The Morgan fingerprint density at radius 2 is 2.50 bits per heavy atom. The molecule has 1 aromatic rings. The van der Waals surface area contributed by atoms with E-state index in [-0.39, 0.29) is 12.6 Å². The van der Waals surface area contributed by atoms with Gasteiger partial charge in [0.05, 0.1) is 12.1 Å². The van der Waals surface area contributed by atoms with Crippen molar-refractivity contribution in [2.45, 2.75) is 12.1 Å². The van der Waals surface area contributed by atoms with Gasteiger partial charge in [-0.25, -0.2) is 0 Å². The van der Waals surface area contributed by atoms with Crippen LogP contribution in [-0.2, 0) is 0 Å². The molecule has 0 bridgehead atoms. The maximum atomic E-state index is 9.49. The van der Waals surface area contributed by atoms with Gasteiger partial charge in [0.2, 0.25) is 0 Å². The van der Waals surface area contributed by atoms with Crippen LogP contribution in [0.2, 0.25) is 0 Å². The molecule has 68 valence electrons. The van der Waals surface area contributed by atoms with Crippen molar-refractivity contribution in [1.29, 1.82) is 0 Å². The first kappa shape index (κ1) is 9.25. The molecule has 0 aromatic carbocycles. The Balaban J connectivity index is 2.69. The summed E-state index contributed by atoms with van der Waals surface area (Å²) in [6.45, 7) is 0.261. The highest BCUT2D eigenvalue weighted by atomic mass is 16.3. The number of nitrogens with one attached hydrogen (secondary N) is 2. The van der Waals surface area contributed by atoms with Gasteiger partial charge in [-0.2, -0.15) is 0 Å². The summed E-state index contributed by atoms with van der Waals surface area (Å²) in [5.74, 6) is 0. The molecule has 0 spiro atoms. The topological polar surface area (TPSA) is 74.1 Å². The van der Waals surface area contributed by atoms with E-state index in [2.05, 4.69) is 10.3 Å². The van der Waals surface area contributed by atoms with Crippen LogP contribution in [0.15, 0.2) is 18.5 Å². The van der Waals surface area contributed by atoms with Crippen molar-refractivity contribution in [3.8, 4) is 0 Å². The van der Waals surface area contributed by atoms with Crippen LogP contribution < -0.4 is 11.1 Å². The normalized spacial score (nSPS) is 15.9. The van der Waals surface area contributed by atoms with Crippen LogP contribution in [0.3, 0.4) is 0 Å². The van der Waals surface area contributed by atoms with Crippen molar-refractivity contribution in [1.82, 2.24) is 10.3 Å². The van der Waals surface area contributed by atoms with E-state index in [1.165, 1.54) is 0 Å². The summed E-state index contributed by atoms with van der Waals surface area (Å²) in [6.07, 6.45) is 3.13. The maximum absolute atomic E-state index is 9.49. The second-order valence-electron chi connectivity index (χ2n) is 2.71. The first-order valence-electron chi connectivity index (χ1n) is 3.97. The number of aromatic nitrogens is 1. The highest BCUT2D eigenvalue weighted by molar-refractivity contribution is 5.15. The largest absolute Gasteiger partial charge is 0.390 e. The molecule has 1 heterocycles. The Hall–Kier alpha value is -0.840. The average Bonchev–Trinajstić information content (AvgIpc) is 2.58. The Morgan fingerprint density at radius 3 is 2.92 bits per heavy atom. The average molecular weight is 169 g/mol. The van der Waals surface area contributed by atoms with Crippen molar-refractivity contribution in [3.05, 3.63) is 24.0 Å². The van der Waals surface area contributed by atoms with E-state index in [0.29, 0.717) is 0 Å². The lowest BCUT2D eigenvalue weighted by atomic mass is 10.1. The summed E-state index contributed by atoms with van der Waals surface area (Å²) >= 11 is 0. The Morgan fingerprint density at radius 1 is 1.75 bits per heavy atom. The summed E-state index contributed by atoms with van der Waals surface area (Å²) in [5, 5.41) is 12.5. The number of hydrogen-bond donors (Lipinski definition) is 4. The Bertz CT molecular complexity index is 210. The number of hydrogen-bond acceptors (Lipinski definition) is 3. The molecule has 2 unspecified atom stereocenters. The third-order valence-corrected chi connectivity index (χ3v) is 1.92. The summed E-state index contributed by atoms with van der Waals surface area (Å²) in [7, 11) is 1.80. The molecule has 0 aliphatic carbocycles. The van der Waals surface area contributed by atoms with Crippen molar-refractivity contribution in [2.75, 3.05) is 13.6 Å². The molecular weight excluding hydrogens is 154 g/mol.